The first-order chi connectivity index (χ1) is 13.2. The van der Waals surface area contributed by atoms with Gasteiger partial charge in [0.1, 0.15) is 11.3 Å². The second-order valence-corrected chi connectivity index (χ2v) is 6.96. The Bertz CT molecular complexity index is 1070. The molecule has 1 amide bonds. The number of amides is 1. The number of furan rings is 1. The van der Waals surface area contributed by atoms with Crippen LogP contribution < -0.4 is 9.64 Å². The summed E-state index contributed by atoms with van der Waals surface area (Å²) in [5.74, 6) is 0.715. The van der Waals surface area contributed by atoms with E-state index in [1.54, 1.807) is 36.5 Å². The van der Waals surface area contributed by atoms with E-state index in [1.807, 2.05) is 31.2 Å². The van der Waals surface area contributed by atoms with Crippen LogP contribution in [-0.2, 0) is 6.54 Å². The number of hydrogen-bond donors (Lipinski definition) is 0. The highest BCUT2D eigenvalue weighted by atomic mass is 32.1. The molecule has 0 N–H and O–H groups in total. The zero-order chi connectivity index (χ0) is 18.8. The molecular weight excluding hydrogens is 362 g/mol. The molecule has 0 radical (unpaired) electrons. The van der Waals surface area contributed by atoms with Crippen LogP contribution in [0.1, 0.15) is 21.7 Å². The minimum absolute atomic E-state index is 0.243. The van der Waals surface area contributed by atoms with Gasteiger partial charge >= 0.3 is 0 Å². The summed E-state index contributed by atoms with van der Waals surface area (Å²) in [6.45, 7) is 2.38. The number of carbonyl (C=O) groups excluding carboxylic acids is 1. The lowest BCUT2D eigenvalue weighted by Gasteiger charge is -2.18. The van der Waals surface area contributed by atoms with E-state index in [2.05, 4.69) is 4.98 Å². The molecule has 0 saturated carbocycles. The molecule has 0 aliphatic heterocycles. The van der Waals surface area contributed by atoms with Crippen LogP contribution in [0.5, 0.6) is 5.75 Å². The van der Waals surface area contributed by atoms with Gasteiger partial charge in [-0.2, -0.15) is 0 Å². The quantitative estimate of drug-likeness (QED) is 0.512. The molecule has 0 unspecified atom stereocenters. The van der Waals surface area contributed by atoms with E-state index in [0.717, 1.165) is 21.3 Å². The van der Waals surface area contributed by atoms with Gasteiger partial charge < -0.3 is 9.15 Å². The van der Waals surface area contributed by atoms with E-state index in [9.17, 15) is 4.79 Å². The van der Waals surface area contributed by atoms with Crippen LogP contribution >= 0.6 is 11.3 Å². The number of hydrogen-bond acceptors (Lipinski definition) is 6. The van der Waals surface area contributed by atoms with E-state index >= 15 is 0 Å². The molecule has 0 fully saturated rings. The van der Waals surface area contributed by atoms with Gasteiger partial charge in [0, 0.05) is 12.4 Å². The minimum Gasteiger partial charge on any atom is -0.494 e. The average molecular weight is 379 g/mol. The molecule has 0 bridgehead atoms. The van der Waals surface area contributed by atoms with E-state index < -0.39 is 0 Å². The van der Waals surface area contributed by atoms with Gasteiger partial charge in [-0.25, -0.2) is 4.98 Å². The van der Waals surface area contributed by atoms with Crippen molar-refractivity contribution < 1.29 is 13.9 Å². The predicted octanol–water partition coefficient (Wildman–Crippen LogP) is 4.45. The molecule has 3 heterocycles. The Labute approximate surface area is 160 Å². The molecule has 0 aliphatic carbocycles. The summed E-state index contributed by atoms with van der Waals surface area (Å²) in [6, 6.07) is 11.0. The SMILES string of the molecule is COc1ccc(C)c2sc(N(Cc3ccncc3)C(=O)c3ccco3)nc12. The predicted molar refractivity (Wildman–Crippen MR) is 104 cm³/mol. The third-order valence-electron chi connectivity index (χ3n) is 4.21. The Kier molecular flexibility index (Phi) is 4.60. The summed E-state index contributed by atoms with van der Waals surface area (Å²) in [4.78, 5) is 23.5. The van der Waals surface area contributed by atoms with Gasteiger partial charge in [0.05, 0.1) is 24.6 Å². The lowest BCUT2D eigenvalue weighted by atomic mass is 10.2. The van der Waals surface area contributed by atoms with Crippen LogP contribution in [-0.4, -0.2) is 23.0 Å². The first kappa shape index (κ1) is 17.2. The van der Waals surface area contributed by atoms with Gasteiger partial charge in [-0.15, -0.1) is 0 Å². The van der Waals surface area contributed by atoms with Crippen LogP contribution in [0.25, 0.3) is 10.2 Å². The molecular formula is C20H17N3O3S. The van der Waals surface area contributed by atoms with Gasteiger partial charge in [-0.1, -0.05) is 17.4 Å². The standard InChI is InChI=1S/C20H17N3O3S/c1-13-5-6-15(25-2)17-18(13)27-20(22-17)23(12-14-7-9-21-10-8-14)19(24)16-4-3-11-26-16/h3-11H,12H2,1-2H3. The summed E-state index contributed by atoms with van der Waals surface area (Å²) >= 11 is 1.46. The number of aromatic nitrogens is 2. The van der Waals surface area contributed by atoms with Gasteiger partial charge in [0.15, 0.2) is 10.9 Å². The molecule has 7 heteroatoms. The van der Waals surface area contributed by atoms with Crippen molar-refractivity contribution in [3.63, 3.8) is 0 Å². The summed E-state index contributed by atoms with van der Waals surface area (Å²) in [5, 5.41) is 0.593. The van der Waals surface area contributed by atoms with Gasteiger partial charge in [-0.05, 0) is 48.4 Å². The van der Waals surface area contributed by atoms with Crippen LogP contribution in [0, 0.1) is 6.92 Å². The molecule has 6 nitrogen and oxygen atoms in total. The number of aryl methyl sites for hydroxylation is 1. The number of fused-ring (bicyclic) bond motifs is 1. The molecule has 0 aliphatic rings. The number of ether oxygens (including phenoxy) is 1. The number of carbonyl (C=O) groups is 1. The van der Waals surface area contributed by atoms with E-state index in [-0.39, 0.29) is 11.7 Å². The Morgan fingerprint density at radius 2 is 2.04 bits per heavy atom. The number of thiazole rings is 1. The second-order valence-electron chi connectivity index (χ2n) is 5.98. The van der Waals surface area contributed by atoms with Gasteiger partial charge in [-0.3, -0.25) is 14.7 Å². The number of rotatable bonds is 5. The number of methoxy groups -OCH3 is 1. The Hall–Kier alpha value is -3.19. The first-order valence-corrected chi connectivity index (χ1v) is 9.17. The van der Waals surface area contributed by atoms with E-state index in [4.69, 9.17) is 14.1 Å². The maximum absolute atomic E-state index is 13.1. The van der Waals surface area contributed by atoms with Crippen LogP contribution in [0.2, 0.25) is 0 Å². The van der Waals surface area contributed by atoms with Crippen molar-refractivity contribution in [1.82, 2.24) is 9.97 Å². The van der Waals surface area contributed by atoms with Crippen molar-refractivity contribution >= 4 is 32.6 Å². The fourth-order valence-corrected chi connectivity index (χ4v) is 3.86. The van der Waals surface area contributed by atoms with Crippen LogP contribution in [0.3, 0.4) is 0 Å². The third kappa shape index (κ3) is 3.29. The highest BCUT2D eigenvalue weighted by Crippen LogP contribution is 2.37. The van der Waals surface area contributed by atoms with E-state index in [1.165, 1.54) is 17.6 Å². The molecule has 0 spiro atoms. The third-order valence-corrected chi connectivity index (χ3v) is 5.42. The van der Waals surface area contributed by atoms with Crippen molar-refractivity contribution in [3.05, 3.63) is 71.9 Å². The lowest BCUT2D eigenvalue weighted by molar-refractivity contribution is 0.0958. The zero-order valence-electron chi connectivity index (χ0n) is 14.9. The van der Waals surface area contributed by atoms with Gasteiger partial charge in [0.25, 0.3) is 5.91 Å². The lowest BCUT2D eigenvalue weighted by Crippen LogP contribution is -2.30. The average Bonchev–Trinajstić information content (AvgIpc) is 3.37. The molecule has 27 heavy (non-hydrogen) atoms. The molecule has 3 aromatic heterocycles. The molecule has 4 aromatic rings. The van der Waals surface area contributed by atoms with Crippen molar-refractivity contribution in [2.24, 2.45) is 0 Å². The maximum atomic E-state index is 13.1. The largest absolute Gasteiger partial charge is 0.494 e. The summed E-state index contributed by atoms with van der Waals surface area (Å²) in [5.41, 5.74) is 2.79. The summed E-state index contributed by atoms with van der Waals surface area (Å²) < 4.78 is 11.8. The van der Waals surface area contributed by atoms with Gasteiger partial charge in [0.2, 0.25) is 0 Å². The molecule has 0 saturated heterocycles. The summed E-state index contributed by atoms with van der Waals surface area (Å²) in [7, 11) is 1.62. The highest BCUT2D eigenvalue weighted by molar-refractivity contribution is 7.22. The number of pyridine rings is 1. The normalized spacial score (nSPS) is 10.9. The Balaban J connectivity index is 1.81. The molecule has 1 aromatic carbocycles. The maximum Gasteiger partial charge on any atom is 0.296 e. The number of benzene rings is 1. The first-order valence-electron chi connectivity index (χ1n) is 8.36. The number of nitrogens with zero attached hydrogens (tertiary/aromatic N) is 3. The number of anilines is 1. The molecule has 0 atom stereocenters. The fraction of sp³-hybridized carbons (Fsp3) is 0.150. The van der Waals surface area contributed by atoms with Crippen molar-refractivity contribution in [2.75, 3.05) is 12.0 Å². The Morgan fingerprint density at radius 3 is 2.74 bits per heavy atom. The fourth-order valence-electron chi connectivity index (χ4n) is 2.81. The van der Waals surface area contributed by atoms with Crippen molar-refractivity contribution in [1.29, 1.82) is 0 Å². The van der Waals surface area contributed by atoms with Crippen LogP contribution in [0.4, 0.5) is 5.13 Å². The summed E-state index contributed by atoms with van der Waals surface area (Å²) in [6.07, 6.45) is 4.90. The van der Waals surface area contributed by atoms with Crippen molar-refractivity contribution in [2.45, 2.75) is 13.5 Å². The second kappa shape index (κ2) is 7.20. The zero-order valence-corrected chi connectivity index (χ0v) is 15.7. The topological polar surface area (TPSA) is 68.5 Å². The highest BCUT2D eigenvalue weighted by Gasteiger charge is 2.24. The molecule has 136 valence electrons. The van der Waals surface area contributed by atoms with E-state index in [0.29, 0.717) is 17.4 Å². The molecule has 4 rings (SSSR count). The smallest absolute Gasteiger partial charge is 0.296 e. The minimum atomic E-state index is -0.243. The monoisotopic (exact) mass is 379 g/mol. The van der Waals surface area contributed by atoms with Crippen LogP contribution in [0.15, 0.2) is 59.5 Å². The Morgan fingerprint density at radius 1 is 1.22 bits per heavy atom. The van der Waals surface area contributed by atoms with Crippen molar-refractivity contribution in [3.8, 4) is 5.75 Å².